The van der Waals surface area contributed by atoms with Crippen molar-refractivity contribution in [3.8, 4) is 11.5 Å². The summed E-state index contributed by atoms with van der Waals surface area (Å²) in [5, 5.41) is 0. The maximum atomic E-state index is 12.9. The second-order valence-electron chi connectivity index (χ2n) is 3.84. The Balaban J connectivity index is 1.82. The highest BCUT2D eigenvalue weighted by molar-refractivity contribution is 5.51. The standard InChI is InChI=1S/C14H13F2NO2/c15-10-7-11(16)9-12(8-10)18-5-6-19-14-4-2-1-3-13(14)17/h1-4,7-9H,5-6,17H2. The molecule has 5 heteroatoms. The van der Waals surface area contributed by atoms with E-state index in [1.54, 1.807) is 24.3 Å². The van der Waals surface area contributed by atoms with Crippen LogP contribution in [-0.2, 0) is 0 Å². The van der Waals surface area contributed by atoms with Crippen molar-refractivity contribution < 1.29 is 18.3 Å². The molecule has 0 radical (unpaired) electrons. The molecule has 0 aliphatic carbocycles. The van der Waals surface area contributed by atoms with Crippen LogP contribution >= 0.6 is 0 Å². The van der Waals surface area contributed by atoms with Crippen molar-refractivity contribution in [2.24, 2.45) is 0 Å². The zero-order chi connectivity index (χ0) is 13.7. The van der Waals surface area contributed by atoms with Crippen LogP contribution in [0, 0.1) is 11.6 Å². The molecule has 19 heavy (non-hydrogen) atoms. The van der Waals surface area contributed by atoms with E-state index in [9.17, 15) is 8.78 Å². The first-order valence-electron chi connectivity index (χ1n) is 5.71. The summed E-state index contributed by atoms with van der Waals surface area (Å²) in [7, 11) is 0. The van der Waals surface area contributed by atoms with Gasteiger partial charge < -0.3 is 15.2 Å². The van der Waals surface area contributed by atoms with E-state index >= 15 is 0 Å². The number of hydrogen-bond acceptors (Lipinski definition) is 3. The van der Waals surface area contributed by atoms with Gasteiger partial charge >= 0.3 is 0 Å². The summed E-state index contributed by atoms with van der Waals surface area (Å²) in [6, 6.07) is 10.1. The smallest absolute Gasteiger partial charge is 0.142 e. The van der Waals surface area contributed by atoms with Gasteiger partial charge in [-0.05, 0) is 12.1 Å². The predicted octanol–water partition coefficient (Wildman–Crippen LogP) is 3.00. The van der Waals surface area contributed by atoms with Crippen LogP contribution in [0.25, 0.3) is 0 Å². The summed E-state index contributed by atoms with van der Waals surface area (Å²) in [6.07, 6.45) is 0. The fourth-order valence-corrected chi connectivity index (χ4v) is 1.53. The molecule has 0 amide bonds. The number of benzene rings is 2. The average Bonchev–Trinajstić information content (AvgIpc) is 2.35. The topological polar surface area (TPSA) is 44.5 Å². The number of nitrogens with two attached hydrogens (primary N) is 1. The number of anilines is 1. The van der Waals surface area contributed by atoms with Crippen LogP contribution in [0.2, 0.25) is 0 Å². The van der Waals surface area contributed by atoms with Gasteiger partial charge in [-0.1, -0.05) is 12.1 Å². The fourth-order valence-electron chi connectivity index (χ4n) is 1.53. The third-order valence-corrected chi connectivity index (χ3v) is 2.36. The Morgan fingerprint density at radius 3 is 2.21 bits per heavy atom. The van der Waals surface area contributed by atoms with Crippen molar-refractivity contribution in [1.82, 2.24) is 0 Å². The summed E-state index contributed by atoms with van der Waals surface area (Å²) < 4.78 is 36.3. The molecule has 2 rings (SSSR count). The van der Waals surface area contributed by atoms with Crippen molar-refractivity contribution in [2.45, 2.75) is 0 Å². The van der Waals surface area contributed by atoms with Crippen molar-refractivity contribution in [3.63, 3.8) is 0 Å². The second kappa shape index (κ2) is 6.04. The highest BCUT2D eigenvalue weighted by Crippen LogP contribution is 2.20. The summed E-state index contributed by atoms with van der Waals surface area (Å²) in [6.45, 7) is 0.392. The number of halogens is 2. The lowest BCUT2D eigenvalue weighted by Crippen LogP contribution is -2.10. The van der Waals surface area contributed by atoms with E-state index in [1.165, 1.54) is 0 Å². The number of ether oxygens (including phenoxy) is 2. The minimum atomic E-state index is -0.678. The maximum Gasteiger partial charge on any atom is 0.142 e. The Morgan fingerprint density at radius 2 is 1.53 bits per heavy atom. The minimum absolute atomic E-state index is 0.127. The zero-order valence-corrected chi connectivity index (χ0v) is 10.1. The number of hydrogen-bond donors (Lipinski definition) is 1. The van der Waals surface area contributed by atoms with Gasteiger partial charge in [0, 0.05) is 18.2 Å². The number of nitrogen functional groups attached to an aromatic ring is 1. The lowest BCUT2D eigenvalue weighted by Gasteiger charge is -2.10. The van der Waals surface area contributed by atoms with Gasteiger partial charge in [-0.3, -0.25) is 0 Å². The highest BCUT2D eigenvalue weighted by atomic mass is 19.1. The first-order chi connectivity index (χ1) is 9.15. The molecule has 0 atom stereocenters. The lowest BCUT2D eigenvalue weighted by molar-refractivity contribution is 0.217. The van der Waals surface area contributed by atoms with Crippen LogP contribution < -0.4 is 15.2 Å². The Morgan fingerprint density at radius 1 is 0.895 bits per heavy atom. The first kappa shape index (κ1) is 13.1. The normalized spacial score (nSPS) is 10.2. The quantitative estimate of drug-likeness (QED) is 0.667. The molecular weight excluding hydrogens is 252 g/mol. The third kappa shape index (κ3) is 3.84. The van der Waals surface area contributed by atoms with Gasteiger partial charge in [-0.25, -0.2) is 8.78 Å². The molecule has 0 spiro atoms. The van der Waals surface area contributed by atoms with E-state index in [0.29, 0.717) is 11.4 Å². The SMILES string of the molecule is Nc1ccccc1OCCOc1cc(F)cc(F)c1. The summed E-state index contributed by atoms with van der Waals surface area (Å²) in [4.78, 5) is 0. The third-order valence-electron chi connectivity index (χ3n) is 2.36. The molecule has 0 aliphatic rings. The van der Waals surface area contributed by atoms with E-state index < -0.39 is 11.6 Å². The van der Waals surface area contributed by atoms with E-state index in [1.807, 2.05) is 0 Å². The van der Waals surface area contributed by atoms with E-state index in [4.69, 9.17) is 15.2 Å². The Kier molecular flexibility index (Phi) is 4.18. The van der Waals surface area contributed by atoms with Crippen LogP contribution in [0.5, 0.6) is 11.5 Å². The molecule has 0 aliphatic heterocycles. The molecule has 2 aromatic rings. The molecule has 0 fully saturated rings. The van der Waals surface area contributed by atoms with Crippen LogP contribution in [0.15, 0.2) is 42.5 Å². The van der Waals surface area contributed by atoms with Gasteiger partial charge in [0.2, 0.25) is 0 Å². The largest absolute Gasteiger partial charge is 0.490 e. The number of para-hydroxylation sites is 2. The lowest BCUT2D eigenvalue weighted by atomic mass is 10.3. The molecule has 0 heterocycles. The molecule has 2 N–H and O–H groups in total. The van der Waals surface area contributed by atoms with Crippen LogP contribution in [0.4, 0.5) is 14.5 Å². The average molecular weight is 265 g/mol. The van der Waals surface area contributed by atoms with Crippen molar-refractivity contribution in [1.29, 1.82) is 0 Å². The van der Waals surface area contributed by atoms with Gasteiger partial charge in [-0.2, -0.15) is 0 Å². The summed E-state index contributed by atoms with van der Waals surface area (Å²) in [5.74, 6) is -0.676. The Hall–Kier alpha value is -2.30. The van der Waals surface area contributed by atoms with E-state index in [-0.39, 0.29) is 19.0 Å². The molecule has 0 aromatic heterocycles. The fraction of sp³-hybridized carbons (Fsp3) is 0.143. The maximum absolute atomic E-state index is 12.9. The predicted molar refractivity (Wildman–Crippen MR) is 68.2 cm³/mol. The van der Waals surface area contributed by atoms with Crippen LogP contribution in [-0.4, -0.2) is 13.2 Å². The first-order valence-corrected chi connectivity index (χ1v) is 5.71. The molecule has 100 valence electrons. The van der Waals surface area contributed by atoms with Gasteiger partial charge in [-0.15, -0.1) is 0 Å². The Labute approximate surface area is 109 Å². The summed E-state index contributed by atoms with van der Waals surface area (Å²) >= 11 is 0. The van der Waals surface area contributed by atoms with Crippen molar-refractivity contribution >= 4 is 5.69 Å². The van der Waals surface area contributed by atoms with E-state index in [0.717, 1.165) is 18.2 Å². The zero-order valence-electron chi connectivity index (χ0n) is 10.1. The van der Waals surface area contributed by atoms with Crippen molar-refractivity contribution in [2.75, 3.05) is 18.9 Å². The monoisotopic (exact) mass is 265 g/mol. The van der Waals surface area contributed by atoms with Crippen LogP contribution in [0.3, 0.4) is 0 Å². The highest BCUT2D eigenvalue weighted by Gasteiger charge is 2.02. The Bertz CT molecular complexity index is 541. The van der Waals surface area contributed by atoms with Crippen molar-refractivity contribution in [3.05, 3.63) is 54.1 Å². The molecule has 3 nitrogen and oxygen atoms in total. The van der Waals surface area contributed by atoms with Gasteiger partial charge in [0.1, 0.15) is 36.3 Å². The molecule has 0 saturated carbocycles. The van der Waals surface area contributed by atoms with Gasteiger partial charge in [0.05, 0.1) is 5.69 Å². The molecule has 0 bridgehead atoms. The molecule has 0 saturated heterocycles. The van der Waals surface area contributed by atoms with Gasteiger partial charge in [0.15, 0.2) is 0 Å². The van der Waals surface area contributed by atoms with Crippen LogP contribution in [0.1, 0.15) is 0 Å². The summed E-state index contributed by atoms with van der Waals surface area (Å²) in [5.41, 5.74) is 6.22. The van der Waals surface area contributed by atoms with Gasteiger partial charge in [0.25, 0.3) is 0 Å². The second-order valence-corrected chi connectivity index (χ2v) is 3.84. The number of rotatable bonds is 5. The van der Waals surface area contributed by atoms with E-state index in [2.05, 4.69) is 0 Å². The molecule has 2 aromatic carbocycles. The molecule has 0 unspecified atom stereocenters. The molecular formula is C14H13F2NO2. The minimum Gasteiger partial charge on any atom is -0.490 e.